The molecule has 22 heavy (non-hydrogen) atoms. The maximum atomic E-state index is 11.0. The number of rotatable bonds is 6. The van der Waals surface area contributed by atoms with Gasteiger partial charge in [0.15, 0.2) is 0 Å². The lowest BCUT2D eigenvalue weighted by atomic mass is 9.83. The van der Waals surface area contributed by atoms with Gasteiger partial charge in [0.25, 0.3) is 0 Å². The van der Waals surface area contributed by atoms with Gasteiger partial charge >= 0.3 is 0 Å². The normalized spacial score (nSPS) is 27.3. The van der Waals surface area contributed by atoms with Crippen LogP contribution in [0.1, 0.15) is 58.8 Å². The van der Waals surface area contributed by atoms with E-state index < -0.39 is 0 Å². The van der Waals surface area contributed by atoms with Crippen molar-refractivity contribution in [2.75, 3.05) is 0 Å². The highest BCUT2D eigenvalue weighted by Gasteiger charge is 2.47. The second kappa shape index (κ2) is 6.97. The first-order valence-electron chi connectivity index (χ1n) is 8.96. The molecule has 122 valence electrons. The van der Waals surface area contributed by atoms with Crippen molar-refractivity contribution < 1.29 is 5.11 Å². The van der Waals surface area contributed by atoms with Crippen LogP contribution in [0, 0.1) is 17.3 Å². The predicted octanol–water partition coefficient (Wildman–Crippen LogP) is 5.52. The molecule has 1 nitrogen and oxygen atoms in total. The van der Waals surface area contributed by atoms with Crippen LogP contribution in [0.25, 0.3) is 0 Å². The molecule has 0 radical (unpaired) electrons. The van der Waals surface area contributed by atoms with Crippen molar-refractivity contribution in [2.24, 2.45) is 17.3 Å². The van der Waals surface area contributed by atoms with Crippen molar-refractivity contribution in [1.82, 2.24) is 0 Å². The predicted molar refractivity (Wildman–Crippen MR) is 95.2 cm³/mol. The van der Waals surface area contributed by atoms with E-state index in [4.69, 9.17) is 0 Å². The third-order valence-electron chi connectivity index (χ3n) is 5.78. The molecule has 0 amide bonds. The molecule has 1 aromatic carbocycles. The third kappa shape index (κ3) is 4.08. The van der Waals surface area contributed by atoms with Gasteiger partial charge in [-0.05, 0) is 55.1 Å². The maximum absolute atomic E-state index is 11.0. The Morgan fingerprint density at radius 2 is 1.77 bits per heavy atom. The van der Waals surface area contributed by atoms with Crippen LogP contribution < -0.4 is 0 Å². The lowest BCUT2D eigenvalue weighted by molar-refractivity contribution is 0.0785. The summed E-state index contributed by atoms with van der Waals surface area (Å²) in [5.41, 5.74) is 0.502. The SMILES string of the molecule is CC1(C)CC1CC(Sc1ccccc1)C(O)C1CCCCC1. The summed E-state index contributed by atoms with van der Waals surface area (Å²) in [6.45, 7) is 4.74. The lowest BCUT2D eigenvalue weighted by Crippen LogP contribution is -2.33. The van der Waals surface area contributed by atoms with Crippen LogP contribution in [0.5, 0.6) is 0 Å². The van der Waals surface area contributed by atoms with E-state index in [0.717, 1.165) is 5.92 Å². The van der Waals surface area contributed by atoms with Crippen molar-refractivity contribution in [2.45, 2.75) is 75.0 Å². The highest BCUT2D eigenvalue weighted by atomic mass is 32.2. The van der Waals surface area contributed by atoms with E-state index in [1.807, 2.05) is 11.8 Å². The Balaban J connectivity index is 1.67. The zero-order chi connectivity index (χ0) is 15.6. The van der Waals surface area contributed by atoms with E-state index in [1.54, 1.807) is 0 Å². The molecule has 2 heteroatoms. The smallest absolute Gasteiger partial charge is 0.0690 e. The van der Waals surface area contributed by atoms with Crippen LogP contribution in [0.4, 0.5) is 0 Å². The summed E-state index contributed by atoms with van der Waals surface area (Å²) in [7, 11) is 0. The zero-order valence-electron chi connectivity index (χ0n) is 14.0. The van der Waals surface area contributed by atoms with Gasteiger partial charge in [-0.3, -0.25) is 0 Å². The topological polar surface area (TPSA) is 20.2 Å². The molecule has 0 bridgehead atoms. The van der Waals surface area contributed by atoms with E-state index in [2.05, 4.69) is 44.2 Å². The molecule has 2 fully saturated rings. The summed E-state index contributed by atoms with van der Waals surface area (Å²) in [5, 5.41) is 11.4. The second-order valence-corrected chi connectivity index (χ2v) is 9.30. The molecule has 3 atom stereocenters. The molecule has 0 heterocycles. The molecule has 2 aliphatic carbocycles. The van der Waals surface area contributed by atoms with Crippen LogP contribution in [0.3, 0.4) is 0 Å². The number of hydrogen-bond donors (Lipinski definition) is 1. The number of thioether (sulfide) groups is 1. The summed E-state index contributed by atoms with van der Waals surface area (Å²) in [5.74, 6) is 1.32. The molecule has 0 spiro atoms. The summed E-state index contributed by atoms with van der Waals surface area (Å²) in [6, 6.07) is 10.6. The van der Waals surface area contributed by atoms with E-state index >= 15 is 0 Å². The van der Waals surface area contributed by atoms with E-state index in [0.29, 0.717) is 16.6 Å². The van der Waals surface area contributed by atoms with E-state index in [1.165, 1.54) is 49.8 Å². The van der Waals surface area contributed by atoms with Crippen LogP contribution in [-0.2, 0) is 0 Å². The largest absolute Gasteiger partial charge is 0.392 e. The molecule has 0 aliphatic heterocycles. The van der Waals surface area contributed by atoms with Crippen LogP contribution in [-0.4, -0.2) is 16.5 Å². The van der Waals surface area contributed by atoms with E-state index in [-0.39, 0.29) is 6.10 Å². The van der Waals surface area contributed by atoms with Gasteiger partial charge in [-0.25, -0.2) is 0 Å². The molecule has 0 saturated heterocycles. The van der Waals surface area contributed by atoms with Crippen LogP contribution >= 0.6 is 11.8 Å². The van der Waals surface area contributed by atoms with Gasteiger partial charge in [0.2, 0.25) is 0 Å². The van der Waals surface area contributed by atoms with Gasteiger partial charge < -0.3 is 5.11 Å². The number of benzene rings is 1. The number of aliphatic hydroxyl groups is 1. The van der Waals surface area contributed by atoms with Crippen molar-refractivity contribution in [3.63, 3.8) is 0 Å². The molecule has 2 aliphatic rings. The van der Waals surface area contributed by atoms with Crippen molar-refractivity contribution in [3.05, 3.63) is 30.3 Å². The Morgan fingerprint density at radius 1 is 1.14 bits per heavy atom. The Labute approximate surface area is 139 Å². The van der Waals surface area contributed by atoms with Gasteiger partial charge in [-0.2, -0.15) is 0 Å². The highest BCUT2D eigenvalue weighted by Crippen LogP contribution is 2.56. The standard InChI is InChI=1S/C20H30OS/c1-20(2)14-16(20)13-18(22-17-11-7-4-8-12-17)19(21)15-9-5-3-6-10-15/h4,7-8,11-12,15-16,18-19,21H,3,5-6,9-10,13-14H2,1-2H3. The zero-order valence-corrected chi connectivity index (χ0v) is 14.8. The van der Waals surface area contributed by atoms with E-state index in [9.17, 15) is 5.11 Å². The van der Waals surface area contributed by atoms with Gasteiger partial charge in [-0.1, -0.05) is 51.3 Å². The van der Waals surface area contributed by atoms with Crippen molar-refractivity contribution >= 4 is 11.8 Å². The van der Waals surface area contributed by atoms with Gasteiger partial charge in [-0.15, -0.1) is 11.8 Å². The number of aliphatic hydroxyl groups excluding tert-OH is 1. The lowest BCUT2D eigenvalue weighted by Gasteiger charge is -2.32. The van der Waals surface area contributed by atoms with Gasteiger partial charge in [0, 0.05) is 10.1 Å². The average Bonchev–Trinajstić information content (AvgIpc) is 3.14. The monoisotopic (exact) mass is 318 g/mol. The van der Waals surface area contributed by atoms with Crippen molar-refractivity contribution in [3.8, 4) is 0 Å². The average molecular weight is 319 g/mol. The molecule has 3 rings (SSSR count). The molecule has 2 saturated carbocycles. The van der Waals surface area contributed by atoms with Gasteiger partial charge in [0.1, 0.15) is 0 Å². The third-order valence-corrected chi connectivity index (χ3v) is 7.10. The Kier molecular flexibility index (Phi) is 5.19. The first-order chi connectivity index (χ1) is 10.6. The molecule has 3 unspecified atom stereocenters. The Bertz CT molecular complexity index is 464. The minimum atomic E-state index is -0.137. The Morgan fingerprint density at radius 3 is 2.36 bits per heavy atom. The maximum Gasteiger partial charge on any atom is 0.0690 e. The van der Waals surface area contributed by atoms with Crippen LogP contribution in [0.2, 0.25) is 0 Å². The fraction of sp³-hybridized carbons (Fsp3) is 0.700. The van der Waals surface area contributed by atoms with Gasteiger partial charge in [0.05, 0.1) is 6.10 Å². The summed E-state index contributed by atoms with van der Waals surface area (Å²) in [4.78, 5) is 1.31. The first kappa shape index (κ1) is 16.4. The number of hydrogen-bond acceptors (Lipinski definition) is 2. The molecular weight excluding hydrogens is 288 g/mol. The summed E-state index contributed by atoms with van der Waals surface area (Å²) in [6.07, 6.45) is 8.78. The fourth-order valence-corrected chi connectivity index (χ4v) is 5.32. The molecular formula is C20H30OS. The molecule has 0 aromatic heterocycles. The molecule has 1 N–H and O–H groups in total. The van der Waals surface area contributed by atoms with Crippen molar-refractivity contribution in [1.29, 1.82) is 0 Å². The summed E-state index contributed by atoms with van der Waals surface area (Å²) < 4.78 is 0. The second-order valence-electron chi connectivity index (χ2n) is 7.98. The highest BCUT2D eigenvalue weighted by molar-refractivity contribution is 8.00. The first-order valence-corrected chi connectivity index (χ1v) is 9.84. The van der Waals surface area contributed by atoms with Crippen LogP contribution in [0.15, 0.2) is 35.2 Å². The fourth-order valence-electron chi connectivity index (χ4n) is 3.97. The minimum Gasteiger partial charge on any atom is -0.392 e. The molecule has 1 aromatic rings. The Hall–Kier alpha value is -0.470. The minimum absolute atomic E-state index is 0.137. The quantitative estimate of drug-likeness (QED) is 0.696. The summed E-state index contributed by atoms with van der Waals surface area (Å²) >= 11 is 1.91.